The van der Waals surface area contributed by atoms with Crippen LogP contribution in [0.4, 0.5) is 0 Å². The fourth-order valence-corrected chi connectivity index (χ4v) is 5.95. The van der Waals surface area contributed by atoms with E-state index in [1.807, 2.05) is 0 Å². The Morgan fingerprint density at radius 2 is 1.50 bits per heavy atom. The van der Waals surface area contributed by atoms with E-state index >= 15 is 0 Å². The first-order valence-corrected chi connectivity index (χ1v) is 13.9. The molecule has 4 rings (SSSR count). The SMILES string of the molecule is Cc1ccc2c(-c3ccc(C(=O)C(C)C)cc3C(=O)O)c3ccc(=N)c(S(=O)(=O)O)c-3oc2c1S(=O)(=O)O. The zero-order valence-corrected chi connectivity index (χ0v) is 21.8. The van der Waals surface area contributed by atoms with E-state index < -0.39 is 58.6 Å². The summed E-state index contributed by atoms with van der Waals surface area (Å²) in [5.74, 6) is -2.83. The number of carboxylic acid groups (broad SMARTS) is 1. The zero-order chi connectivity index (χ0) is 28.3. The van der Waals surface area contributed by atoms with Crippen LogP contribution < -0.4 is 5.36 Å². The predicted octanol–water partition coefficient (Wildman–Crippen LogP) is 4.02. The number of fused-ring (bicyclic) bond motifs is 2. The molecule has 0 fully saturated rings. The molecule has 0 unspecified atom stereocenters. The van der Waals surface area contributed by atoms with Gasteiger partial charge in [0.1, 0.15) is 4.90 Å². The molecule has 4 N–H and O–H groups in total. The highest BCUT2D eigenvalue weighted by Gasteiger charge is 2.31. The molecule has 0 bridgehead atoms. The minimum absolute atomic E-state index is 0.0137. The van der Waals surface area contributed by atoms with Crippen LogP contribution in [0.1, 0.15) is 40.1 Å². The van der Waals surface area contributed by atoms with Crippen LogP contribution in [0.25, 0.3) is 33.4 Å². The maximum atomic E-state index is 12.6. The van der Waals surface area contributed by atoms with Crippen molar-refractivity contribution in [1.29, 1.82) is 5.41 Å². The maximum absolute atomic E-state index is 12.6. The molecule has 198 valence electrons. The first kappa shape index (κ1) is 27.1. The standard InChI is InChI=1S/C25H21NO10S2/c1-11(2)20(27)13-5-7-14(17(10-13)25(28)29)19-15-6-4-12(3)23(37(30,31)32)21(15)36-22-16(19)8-9-18(26)24(22)38(33,34)35/h4-11,26H,1-3H3,(H,28,29)(H,30,31,32)(H,33,34,35). The van der Waals surface area contributed by atoms with Gasteiger partial charge in [-0.25, -0.2) is 4.79 Å². The van der Waals surface area contributed by atoms with Gasteiger partial charge in [0, 0.05) is 28.0 Å². The van der Waals surface area contributed by atoms with Gasteiger partial charge in [0.15, 0.2) is 22.0 Å². The van der Waals surface area contributed by atoms with Crippen molar-refractivity contribution in [3.8, 4) is 22.5 Å². The van der Waals surface area contributed by atoms with Crippen molar-refractivity contribution in [3.63, 3.8) is 0 Å². The Hall–Kier alpha value is -3.91. The van der Waals surface area contributed by atoms with E-state index in [0.717, 1.165) is 12.1 Å². The van der Waals surface area contributed by atoms with Gasteiger partial charge in [-0.1, -0.05) is 38.1 Å². The van der Waals surface area contributed by atoms with Gasteiger partial charge < -0.3 is 9.52 Å². The number of carboxylic acids is 1. The zero-order valence-electron chi connectivity index (χ0n) is 20.1. The van der Waals surface area contributed by atoms with Gasteiger partial charge in [-0.05, 0) is 36.2 Å². The molecule has 2 aromatic carbocycles. The van der Waals surface area contributed by atoms with Crippen molar-refractivity contribution < 1.29 is 45.1 Å². The van der Waals surface area contributed by atoms with E-state index in [1.165, 1.54) is 37.3 Å². The third-order valence-electron chi connectivity index (χ3n) is 6.01. The highest BCUT2D eigenvalue weighted by molar-refractivity contribution is 7.86. The largest absolute Gasteiger partial charge is 0.478 e. The molecule has 0 saturated carbocycles. The average Bonchev–Trinajstić information content (AvgIpc) is 2.79. The van der Waals surface area contributed by atoms with E-state index in [0.29, 0.717) is 0 Å². The molecule has 13 heteroatoms. The number of Topliss-reactive ketones (excluding diaryl/α,β-unsaturated/α-hetero) is 1. The Bertz CT molecular complexity index is 1920. The van der Waals surface area contributed by atoms with E-state index in [1.54, 1.807) is 13.8 Å². The summed E-state index contributed by atoms with van der Waals surface area (Å²) in [4.78, 5) is 23.2. The summed E-state index contributed by atoms with van der Waals surface area (Å²) >= 11 is 0. The number of hydrogen-bond acceptors (Lipinski definition) is 8. The molecule has 1 heterocycles. The Labute approximate surface area is 216 Å². The molecule has 38 heavy (non-hydrogen) atoms. The summed E-state index contributed by atoms with van der Waals surface area (Å²) in [5.41, 5.74) is -0.869. The number of rotatable bonds is 6. The smallest absolute Gasteiger partial charge is 0.336 e. The molecule has 11 nitrogen and oxygen atoms in total. The minimum atomic E-state index is -5.09. The minimum Gasteiger partial charge on any atom is -0.478 e. The fourth-order valence-electron chi connectivity index (χ4n) is 4.36. The van der Waals surface area contributed by atoms with Gasteiger partial charge in [0.2, 0.25) is 0 Å². The monoisotopic (exact) mass is 559 g/mol. The number of hydrogen-bond donors (Lipinski definition) is 4. The van der Waals surface area contributed by atoms with Crippen LogP contribution in [0.15, 0.2) is 56.7 Å². The molecule has 0 atom stereocenters. The third-order valence-corrected chi connectivity index (χ3v) is 7.95. The van der Waals surface area contributed by atoms with Crippen LogP contribution in [0, 0.1) is 18.3 Å². The molecule has 0 spiro atoms. The lowest BCUT2D eigenvalue weighted by molar-refractivity contribution is 0.0697. The molecule has 0 saturated heterocycles. The predicted molar refractivity (Wildman–Crippen MR) is 135 cm³/mol. The molecule has 1 aliphatic heterocycles. The Morgan fingerprint density at radius 1 is 0.895 bits per heavy atom. The molecule has 1 aliphatic carbocycles. The van der Waals surface area contributed by atoms with Crippen LogP contribution in [0.3, 0.4) is 0 Å². The normalized spacial score (nSPS) is 12.4. The summed E-state index contributed by atoms with van der Waals surface area (Å²) in [6.07, 6.45) is 0. The number of aromatic carboxylic acids is 1. The van der Waals surface area contributed by atoms with Crippen molar-refractivity contribution in [3.05, 3.63) is 64.5 Å². The van der Waals surface area contributed by atoms with Gasteiger partial charge in [-0.15, -0.1) is 0 Å². The maximum Gasteiger partial charge on any atom is 0.336 e. The van der Waals surface area contributed by atoms with Crippen molar-refractivity contribution in [2.75, 3.05) is 0 Å². The van der Waals surface area contributed by atoms with Crippen molar-refractivity contribution in [2.45, 2.75) is 30.6 Å². The summed E-state index contributed by atoms with van der Waals surface area (Å²) in [7, 11) is -10.0. The lowest BCUT2D eigenvalue weighted by Crippen LogP contribution is -2.16. The number of aryl methyl sites for hydroxylation is 1. The van der Waals surface area contributed by atoms with Gasteiger partial charge in [0.25, 0.3) is 20.2 Å². The van der Waals surface area contributed by atoms with Gasteiger partial charge in [0.05, 0.1) is 10.9 Å². The van der Waals surface area contributed by atoms with Crippen LogP contribution >= 0.6 is 0 Å². The molecule has 0 radical (unpaired) electrons. The van der Waals surface area contributed by atoms with Crippen LogP contribution in [-0.2, 0) is 20.2 Å². The Kier molecular flexibility index (Phi) is 6.52. The fraction of sp³-hybridized carbons (Fsp3) is 0.160. The topological polar surface area (TPSA) is 200 Å². The van der Waals surface area contributed by atoms with Gasteiger partial charge in [-0.3, -0.25) is 19.3 Å². The van der Waals surface area contributed by atoms with Crippen molar-refractivity contribution in [1.82, 2.24) is 0 Å². The van der Waals surface area contributed by atoms with E-state index in [-0.39, 0.29) is 44.6 Å². The van der Waals surface area contributed by atoms with Crippen LogP contribution in [0.5, 0.6) is 0 Å². The first-order valence-electron chi connectivity index (χ1n) is 11.0. The molecule has 0 amide bonds. The molecular formula is C25H21NO10S2. The summed E-state index contributed by atoms with van der Waals surface area (Å²) in [6.45, 7) is 4.64. The lowest BCUT2D eigenvalue weighted by atomic mass is 9.88. The first-order chi connectivity index (χ1) is 17.5. The quantitative estimate of drug-likeness (QED) is 0.152. The molecule has 0 aromatic heterocycles. The highest BCUT2D eigenvalue weighted by atomic mass is 32.2. The second-order valence-corrected chi connectivity index (χ2v) is 11.6. The second kappa shape index (κ2) is 9.13. The molecular weight excluding hydrogens is 538 g/mol. The van der Waals surface area contributed by atoms with Crippen LogP contribution in [-0.4, -0.2) is 42.8 Å². The second-order valence-electron chi connectivity index (χ2n) is 8.92. The number of nitrogens with one attached hydrogen (secondary N) is 1. The van der Waals surface area contributed by atoms with Crippen molar-refractivity contribution in [2.24, 2.45) is 5.92 Å². The van der Waals surface area contributed by atoms with Crippen molar-refractivity contribution >= 4 is 43.0 Å². The summed E-state index contributed by atoms with van der Waals surface area (Å²) in [5, 5.41) is 17.4. The summed E-state index contributed by atoms with van der Waals surface area (Å²) in [6, 6.07) is 8.91. The molecule has 2 aromatic rings. The Morgan fingerprint density at radius 3 is 2.05 bits per heavy atom. The number of benzene rings is 3. The third kappa shape index (κ3) is 4.49. The lowest BCUT2D eigenvalue weighted by Gasteiger charge is -2.20. The number of carbonyl (C=O) groups is 2. The number of carbonyl (C=O) groups excluding carboxylic acids is 1. The van der Waals surface area contributed by atoms with Gasteiger partial charge in [-0.2, -0.15) is 16.8 Å². The Balaban J connectivity index is 2.32. The van der Waals surface area contributed by atoms with E-state index in [2.05, 4.69) is 0 Å². The van der Waals surface area contributed by atoms with Crippen LogP contribution in [0.2, 0.25) is 0 Å². The van der Waals surface area contributed by atoms with E-state index in [9.17, 15) is 40.6 Å². The van der Waals surface area contributed by atoms with Gasteiger partial charge >= 0.3 is 5.97 Å². The summed E-state index contributed by atoms with van der Waals surface area (Å²) < 4.78 is 74.6. The molecule has 2 aliphatic rings. The number of ketones is 1. The highest BCUT2D eigenvalue weighted by Crippen LogP contribution is 2.45. The average molecular weight is 560 g/mol. The van der Waals surface area contributed by atoms with E-state index in [4.69, 9.17) is 9.83 Å².